The lowest BCUT2D eigenvalue weighted by Crippen LogP contribution is -2.18. The van der Waals surface area contributed by atoms with Crippen LogP contribution in [0.1, 0.15) is 37.3 Å². The molecular weight excluding hydrogens is 210 g/mol. The molecule has 17 heavy (non-hydrogen) atoms. The molecule has 0 aromatic heterocycles. The molecule has 0 bridgehead atoms. The third kappa shape index (κ3) is 6.44. The fourth-order valence-electron chi connectivity index (χ4n) is 1.88. The summed E-state index contributed by atoms with van der Waals surface area (Å²) in [6.07, 6.45) is 5.45. The van der Waals surface area contributed by atoms with Crippen molar-refractivity contribution in [1.29, 1.82) is 0 Å². The molecule has 2 N–H and O–H groups in total. The molecule has 1 aromatic carbocycles. The van der Waals surface area contributed by atoms with Crippen molar-refractivity contribution < 1.29 is 5.11 Å². The van der Waals surface area contributed by atoms with Gasteiger partial charge < -0.3 is 10.4 Å². The summed E-state index contributed by atoms with van der Waals surface area (Å²) in [7, 11) is 0. The molecule has 1 rings (SSSR count). The molecule has 96 valence electrons. The maximum Gasteiger partial charge on any atom is 0.0431 e. The summed E-state index contributed by atoms with van der Waals surface area (Å²) >= 11 is 0. The molecule has 0 spiro atoms. The van der Waals surface area contributed by atoms with Gasteiger partial charge in [-0.25, -0.2) is 0 Å². The van der Waals surface area contributed by atoms with E-state index in [1.807, 2.05) is 0 Å². The van der Waals surface area contributed by atoms with E-state index in [1.54, 1.807) is 0 Å². The third-order valence-corrected chi connectivity index (χ3v) is 2.91. The zero-order chi connectivity index (χ0) is 12.3. The van der Waals surface area contributed by atoms with Crippen LogP contribution in [0.15, 0.2) is 24.3 Å². The monoisotopic (exact) mass is 235 g/mol. The fraction of sp³-hybridized carbons (Fsp3) is 0.600. The Balaban J connectivity index is 2.14. The van der Waals surface area contributed by atoms with Crippen LogP contribution in [0.2, 0.25) is 0 Å². The van der Waals surface area contributed by atoms with E-state index in [1.165, 1.54) is 24.0 Å². The largest absolute Gasteiger partial charge is 0.396 e. The van der Waals surface area contributed by atoms with Crippen molar-refractivity contribution in [1.82, 2.24) is 5.32 Å². The fourth-order valence-corrected chi connectivity index (χ4v) is 1.88. The molecule has 0 heterocycles. The van der Waals surface area contributed by atoms with Crippen LogP contribution in [0.4, 0.5) is 0 Å². The first-order valence-electron chi connectivity index (χ1n) is 6.76. The predicted octanol–water partition coefficient (Wildman–Crippen LogP) is 2.54. The van der Waals surface area contributed by atoms with Crippen molar-refractivity contribution in [2.75, 3.05) is 19.7 Å². The lowest BCUT2D eigenvalue weighted by atomic mass is 10.1. The van der Waals surface area contributed by atoms with Gasteiger partial charge >= 0.3 is 0 Å². The Kier molecular flexibility index (Phi) is 7.69. The molecule has 0 aliphatic carbocycles. The van der Waals surface area contributed by atoms with E-state index in [2.05, 4.69) is 36.5 Å². The van der Waals surface area contributed by atoms with Crippen LogP contribution < -0.4 is 5.32 Å². The molecule has 2 heteroatoms. The second-order valence-corrected chi connectivity index (χ2v) is 4.50. The Morgan fingerprint density at radius 2 is 1.59 bits per heavy atom. The Hall–Kier alpha value is -0.860. The summed E-state index contributed by atoms with van der Waals surface area (Å²) < 4.78 is 0. The van der Waals surface area contributed by atoms with Crippen molar-refractivity contribution in [3.63, 3.8) is 0 Å². The van der Waals surface area contributed by atoms with Gasteiger partial charge in [0.1, 0.15) is 0 Å². The molecule has 0 aliphatic heterocycles. The summed E-state index contributed by atoms with van der Waals surface area (Å²) in [6.45, 7) is 4.55. The number of aryl methyl sites for hydroxylation is 1. The van der Waals surface area contributed by atoms with E-state index in [-0.39, 0.29) is 0 Å². The number of aliphatic hydroxyl groups is 1. The molecule has 2 nitrogen and oxygen atoms in total. The van der Waals surface area contributed by atoms with Crippen LogP contribution in [0.3, 0.4) is 0 Å². The Bertz CT molecular complexity index is 281. The summed E-state index contributed by atoms with van der Waals surface area (Å²) in [6, 6.07) is 8.95. The molecule has 0 fully saturated rings. The average Bonchev–Trinajstić information content (AvgIpc) is 2.36. The van der Waals surface area contributed by atoms with Gasteiger partial charge in [-0.2, -0.15) is 0 Å². The van der Waals surface area contributed by atoms with Crippen LogP contribution in [0, 0.1) is 0 Å². The molecule has 0 saturated carbocycles. The lowest BCUT2D eigenvalue weighted by molar-refractivity contribution is 0.284. The molecular formula is C15H25NO. The second-order valence-electron chi connectivity index (χ2n) is 4.50. The summed E-state index contributed by atoms with van der Waals surface area (Å²) in [5.41, 5.74) is 2.84. The van der Waals surface area contributed by atoms with E-state index < -0.39 is 0 Å². The highest BCUT2D eigenvalue weighted by atomic mass is 16.2. The maximum absolute atomic E-state index is 8.64. The number of benzene rings is 1. The first-order chi connectivity index (χ1) is 8.36. The van der Waals surface area contributed by atoms with Crippen LogP contribution in [0.5, 0.6) is 0 Å². The van der Waals surface area contributed by atoms with Gasteiger partial charge in [-0.05, 0) is 49.9 Å². The Labute approximate surface area is 105 Å². The standard InChI is InChI=1S/C15H25NO/c1-2-5-14-6-8-15(9-7-14)10-12-16-11-3-4-13-17/h6-9,16-17H,2-5,10-13H2,1H3. The van der Waals surface area contributed by atoms with Crippen LogP contribution >= 0.6 is 0 Å². The topological polar surface area (TPSA) is 32.3 Å². The van der Waals surface area contributed by atoms with Crippen molar-refractivity contribution in [3.05, 3.63) is 35.4 Å². The van der Waals surface area contributed by atoms with Crippen molar-refractivity contribution in [3.8, 4) is 0 Å². The van der Waals surface area contributed by atoms with Gasteiger partial charge in [0, 0.05) is 6.61 Å². The van der Waals surface area contributed by atoms with Gasteiger partial charge in [0.15, 0.2) is 0 Å². The quantitative estimate of drug-likeness (QED) is 0.645. The van der Waals surface area contributed by atoms with E-state index in [0.717, 1.165) is 32.4 Å². The highest BCUT2D eigenvalue weighted by Gasteiger charge is 1.94. The van der Waals surface area contributed by atoms with E-state index >= 15 is 0 Å². The SMILES string of the molecule is CCCc1ccc(CCNCCCCO)cc1. The van der Waals surface area contributed by atoms with Gasteiger partial charge in [-0.15, -0.1) is 0 Å². The number of nitrogens with one attached hydrogen (secondary N) is 1. The highest BCUT2D eigenvalue weighted by molar-refractivity contribution is 5.22. The lowest BCUT2D eigenvalue weighted by Gasteiger charge is -2.05. The predicted molar refractivity (Wildman–Crippen MR) is 73.3 cm³/mol. The molecule has 0 radical (unpaired) electrons. The summed E-state index contributed by atoms with van der Waals surface area (Å²) in [5, 5.41) is 12.0. The second kappa shape index (κ2) is 9.20. The number of hydrogen-bond acceptors (Lipinski definition) is 2. The average molecular weight is 235 g/mol. The Morgan fingerprint density at radius 3 is 2.18 bits per heavy atom. The first kappa shape index (κ1) is 14.2. The van der Waals surface area contributed by atoms with Gasteiger partial charge in [0.05, 0.1) is 0 Å². The van der Waals surface area contributed by atoms with Crippen LogP contribution in [-0.2, 0) is 12.8 Å². The van der Waals surface area contributed by atoms with Gasteiger partial charge in [-0.1, -0.05) is 37.6 Å². The maximum atomic E-state index is 8.64. The van der Waals surface area contributed by atoms with Crippen molar-refractivity contribution in [2.24, 2.45) is 0 Å². The first-order valence-corrected chi connectivity index (χ1v) is 6.76. The van der Waals surface area contributed by atoms with Gasteiger partial charge in [0.25, 0.3) is 0 Å². The summed E-state index contributed by atoms with van der Waals surface area (Å²) in [4.78, 5) is 0. The molecule has 0 unspecified atom stereocenters. The molecule has 0 saturated heterocycles. The minimum Gasteiger partial charge on any atom is -0.396 e. The third-order valence-electron chi connectivity index (χ3n) is 2.91. The zero-order valence-electron chi connectivity index (χ0n) is 10.9. The summed E-state index contributed by atoms with van der Waals surface area (Å²) in [5.74, 6) is 0. The minimum atomic E-state index is 0.306. The zero-order valence-corrected chi connectivity index (χ0v) is 10.9. The van der Waals surface area contributed by atoms with E-state index in [0.29, 0.717) is 6.61 Å². The van der Waals surface area contributed by atoms with Gasteiger partial charge in [0.2, 0.25) is 0 Å². The highest BCUT2D eigenvalue weighted by Crippen LogP contribution is 2.06. The van der Waals surface area contributed by atoms with Crippen LogP contribution in [0.25, 0.3) is 0 Å². The van der Waals surface area contributed by atoms with E-state index in [4.69, 9.17) is 5.11 Å². The van der Waals surface area contributed by atoms with Gasteiger partial charge in [-0.3, -0.25) is 0 Å². The normalized spacial score (nSPS) is 10.7. The van der Waals surface area contributed by atoms with Crippen molar-refractivity contribution in [2.45, 2.75) is 39.0 Å². The number of rotatable bonds is 9. The minimum absolute atomic E-state index is 0.306. The molecule has 1 aromatic rings. The number of hydrogen-bond donors (Lipinski definition) is 2. The van der Waals surface area contributed by atoms with Crippen LogP contribution in [-0.4, -0.2) is 24.8 Å². The molecule has 0 amide bonds. The number of aliphatic hydroxyl groups excluding tert-OH is 1. The number of unbranched alkanes of at least 4 members (excludes halogenated alkanes) is 1. The molecule has 0 atom stereocenters. The molecule has 0 aliphatic rings. The smallest absolute Gasteiger partial charge is 0.0431 e. The van der Waals surface area contributed by atoms with E-state index in [9.17, 15) is 0 Å². The Morgan fingerprint density at radius 1 is 0.941 bits per heavy atom. The van der Waals surface area contributed by atoms with Crippen molar-refractivity contribution >= 4 is 0 Å².